The third kappa shape index (κ3) is 7.99. The summed E-state index contributed by atoms with van der Waals surface area (Å²) in [6.07, 6.45) is -14.2. The summed E-state index contributed by atoms with van der Waals surface area (Å²) in [5.74, 6) is -4.19. The van der Waals surface area contributed by atoms with Crippen LogP contribution in [-0.2, 0) is 29.9 Å². The Morgan fingerprint density at radius 2 is 0.625 bits per heavy atom. The lowest BCUT2D eigenvalue weighted by atomic mass is 10.1. The van der Waals surface area contributed by atoms with Crippen molar-refractivity contribution in [2.45, 2.75) is 18.5 Å². The molecule has 3 aromatic carbocycles. The summed E-state index contributed by atoms with van der Waals surface area (Å²) in [4.78, 5) is 37.4. The molecule has 0 radical (unpaired) electrons. The van der Waals surface area contributed by atoms with E-state index in [0.717, 1.165) is 0 Å². The van der Waals surface area contributed by atoms with Gasteiger partial charge in [-0.25, -0.2) is 14.4 Å². The van der Waals surface area contributed by atoms with Gasteiger partial charge in [-0.05, 0) is 72.8 Å². The van der Waals surface area contributed by atoms with E-state index in [1.807, 2.05) is 0 Å². The normalized spacial score (nSPS) is 11.9. The van der Waals surface area contributed by atoms with E-state index in [0.29, 0.717) is 72.8 Å². The number of carbonyl (C=O) groups excluding carboxylic acids is 3. The number of alkyl halides is 9. The van der Waals surface area contributed by atoms with E-state index in [2.05, 4.69) is 0 Å². The van der Waals surface area contributed by atoms with Gasteiger partial charge in [-0.15, -0.1) is 0 Å². The highest BCUT2D eigenvalue weighted by Crippen LogP contribution is 2.31. The molecule has 0 aliphatic rings. The minimum atomic E-state index is -4.73. The predicted octanol–water partition coefficient (Wildman–Crippen LogP) is 6.60. The van der Waals surface area contributed by atoms with Gasteiger partial charge < -0.3 is 11.4 Å². The van der Waals surface area contributed by atoms with Crippen LogP contribution in [0.15, 0.2) is 72.8 Å². The molecule has 3 rings (SSSR count). The van der Waals surface area contributed by atoms with Gasteiger partial charge in [0.15, 0.2) is 0 Å². The highest BCUT2D eigenvalue weighted by Gasteiger charge is 2.50. The fourth-order valence-electron chi connectivity index (χ4n) is 2.92. The summed E-state index contributed by atoms with van der Waals surface area (Å²) < 4.78 is 130. The maximum atomic E-state index is 12.8. The van der Waals surface area contributed by atoms with Crippen LogP contribution in [0.2, 0.25) is 0 Å². The first kappa shape index (κ1) is 30.5. The van der Waals surface area contributed by atoms with Crippen LogP contribution >= 0.6 is 0 Å². The molecular weight excluding hydrogens is 582 g/mol. The molecule has 0 fully saturated rings. The van der Waals surface area contributed by atoms with E-state index in [9.17, 15) is 53.9 Å². The first-order chi connectivity index (χ1) is 18.4. The minimum Gasteiger partial charge on any atom is -0.547 e. The largest absolute Gasteiger partial charge is 1.20 e. The maximum absolute atomic E-state index is 12.8. The lowest BCUT2D eigenvalue weighted by Gasteiger charge is -2.15. The molecule has 0 N–H and O–H groups in total. The van der Waals surface area contributed by atoms with Crippen molar-refractivity contribution >= 4 is 33.1 Å². The second-order valence-electron chi connectivity index (χ2n) is 7.73. The average molecular weight is 594 g/mol. The second kappa shape index (κ2) is 11.6. The highest BCUT2D eigenvalue weighted by molar-refractivity contribution is 6.45. The standard InChI is InChI=1S/3C8H5F3O2.Al/c3*9-8(10,11)6-3-1-5(2-4-6)7(12)13;/h3*1-4H,(H,12,13);/q;;;+3/p-3. The zero-order chi connectivity index (χ0) is 29.9. The Bertz CT molecular complexity index is 1190. The van der Waals surface area contributed by atoms with Crippen molar-refractivity contribution in [3.63, 3.8) is 0 Å². The van der Waals surface area contributed by atoms with Crippen LogP contribution in [0.1, 0.15) is 47.8 Å². The summed E-state index contributed by atoms with van der Waals surface area (Å²) in [5.41, 5.74) is -4.79. The SMILES string of the molecule is O=C([O][Al]([O]C(=O)c1ccc(C(F)(F)F)cc1)[O]C(=O)c1ccc(C(F)(F)F)cc1)c1ccc(C(F)(F)F)cc1. The van der Waals surface area contributed by atoms with Crippen molar-refractivity contribution < 1.29 is 65.3 Å². The van der Waals surface area contributed by atoms with E-state index in [1.165, 1.54) is 0 Å². The maximum Gasteiger partial charge on any atom is 1.20 e. The van der Waals surface area contributed by atoms with Crippen LogP contribution in [0, 0.1) is 0 Å². The van der Waals surface area contributed by atoms with E-state index < -0.39 is 85.0 Å². The van der Waals surface area contributed by atoms with Crippen molar-refractivity contribution in [2.75, 3.05) is 0 Å². The van der Waals surface area contributed by atoms with Gasteiger partial charge in [0.1, 0.15) is 0 Å². The van der Waals surface area contributed by atoms with Crippen LogP contribution in [0.25, 0.3) is 0 Å². The number of hydrogen-bond acceptors (Lipinski definition) is 6. The lowest BCUT2D eigenvalue weighted by molar-refractivity contribution is -0.138. The molecule has 6 nitrogen and oxygen atoms in total. The average Bonchev–Trinajstić information content (AvgIpc) is 2.87. The molecule has 0 saturated heterocycles. The lowest BCUT2D eigenvalue weighted by Crippen LogP contribution is -2.35. The first-order valence-electron chi connectivity index (χ1n) is 10.6. The van der Waals surface area contributed by atoms with Crippen molar-refractivity contribution in [1.82, 2.24) is 0 Å². The molecular formula is C24H12AlF9O6. The van der Waals surface area contributed by atoms with Crippen molar-refractivity contribution in [3.05, 3.63) is 106 Å². The molecule has 0 aromatic heterocycles. The van der Waals surface area contributed by atoms with Gasteiger partial charge in [-0.2, -0.15) is 39.5 Å². The van der Waals surface area contributed by atoms with E-state index in [-0.39, 0.29) is 0 Å². The van der Waals surface area contributed by atoms with Gasteiger partial charge in [-0.3, -0.25) is 0 Å². The van der Waals surface area contributed by atoms with Crippen LogP contribution in [0.5, 0.6) is 0 Å². The minimum absolute atomic E-state index is 0.485. The topological polar surface area (TPSA) is 78.9 Å². The van der Waals surface area contributed by atoms with Crippen molar-refractivity contribution in [1.29, 1.82) is 0 Å². The van der Waals surface area contributed by atoms with Crippen molar-refractivity contribution in [2.24, 2.45) is 0 Å². The first-order valence-corrected chi connectivity index (χ1v) is 12.0. The Kier molecular flexibility index (Phi) is 8.85. The van der Waals surface area contributed by atoms with Gasteiger partial charge in [0.25, 0.3) is 0 Å². The van der Waals surface area contributed by atoms with Gasteiger partial charge in [0, 0.05) is 0 Å². The third-order valence-corrected chi connectivity index (χ3v) is 6.17. The number of carbonyl (C=O) groups is 3. The van der Waals surface area contributed by atoms with Gasteiger partial charge >= 0.3 is 51.6 Å². The quantitative estimate of drug-likeness (QED) is 0.237. The highest BCUT2D eigenvalue weighted by atomic mass is 27.3. The zero-order valence-electron chi connectivity index (χ0n) is 19.4. The number of benzene rings is 3. The molecule has 16 heteroatoms. The summed E-state index contributed by atoms with van der Waals surface area (Å²) in [5, 5.41) is 0. The smallest absolute Gasteiger partial charge is 0.547 e. The Balaban J connectivity index is 1.82. The van der Waals surface area contributed by atoms with Crippen molar-refractivity contribution in [3.8, 4) is 0 Å². The van der Waals surface area contributed by atoms with Crippen LogP contribution in [0.4, 0.5) is 39.5 Å². The van der Waals surface area contributed by atoms with Crippen LogP contribution in [0.3, 0.4) is 0 Å². The number of halogens is 9. The number of rotatable bonds is 6. The van der Waals surface area contributed by atoms with Gasteiger partial charge in [0.2, 0.25) is 0 Å². The third-order valence-electron chi connectivity index (χ3n) is 4.95. The molecule has 0 aliphatic carbocycles. The molecule has 0 amide bonds. The van der Waals surface area contributed by atoms with Crippen LogP contribution in [-0.4, -0.2) is 33.1 Å². The molecule has 0 spiro atoms. The number of hydrogen-bond donors (Lipinski definition) is 0. The zero-order valence-corrected chi connectivity index (χ0v) is 20.5. The van der Waals surface area contributed by atoms with Gasteiger partial charge in [-0.1, -0.05) is 0 Å². The molecule has 0 saturated carbocycles. The Hall–Kier alpha value is -4.03. The second-order valence-corrected chi connectivity index (χ2v) is 9.01. The monoisotopic (exact) mass is 594 g/mol. The molecule has 0 heterocycles. The Labute approximate surface area is 223 Å². The van der Waals surface area contributed by atoms with E-state index in [1.54, 1.807) is 0 Å². The molecule has 0 atom stereocenters. The molecule has 0 bridgehead atoms. The molecule has 0 aliphatic heterocycles. The molecule has 210 valence electrons. The summed E-state index contributed by atoms with van der Waals surface area (Å²) in [6.45, 7) is 0. The van der Waals surface area contributed by atoms with Gasteiger partial charge in [0.05, 0.1) is 33.4 Å². The Morgan fingerprint density at radius 1 is 0.425 bits per heavy atom. The van der Waals surface area contributed by atoms with Crippen LogP contribution < -0.4 is 0 Å². The molecule has 3 aromatic rings. The fourth-order valence-corrected chi connectivity index (χ4v) is 4.00. The van der Waals surface area contributed by atoms with E-state index >= 15 is 0 Å². The predicted molar refractivity (Wildman–Crippen MR) is 116 cm³/mol. The summed E-state index contributed by atoms with van der Waals surface area (Å²) in [7, 11) is 0. The summed E-state index contributed by atoms with van der Waals surface area (Å²) >= 11 is -4.27. The summed E-state index contributed by atoms with van der Waals surface area (Å²) in [6, 6.07) is 7.51. The fraction of sp³-hybridized carbons (Fsp3) is 0.125. The Morgan fingerprint density at radius 3 is 0.800 bits per heavy atom. The molecule has 40 heavy (non-hydrogen) atoms. The van der Waals surface area contributed by atoms with E-state index in [4.69, 9.17) is 11.4 Å². The molecule has 0 unspecified atom stereocenters.